The molecule has 0 bridgehead atoms. The summed E-state index contributed by atoms with van der Waals surface area (Å²) in [5, 5.41) is 21.0. The molecule has 4 rings (SSSR count). The Labute approximate surface area is 131 Å². The zero-order chi connectivity index (χ0) is 16.0. The second kappa shape index (κ2) is 4.95. The Kier molecular flexibility index (Phi) is 2.90. The number of benzene rings is 2. The molecule has 0 radical (unpaired) electrons. The Bertz CT molecular complexity index is 973. The lowest BCUT2D eigenvalue weighted by atomic mass is 10.2. The quantitative estimate of drug-likeness (QED) is 0.458. The molecule has 23 heavy (non-hydrogen) atoms. The number of fused-ring (bicyclic) bond motifs is 3. The van der Waals surface area contributed by atoms with E-state index in [9.17, 15) is 9.50 Å². The third-order valence-corrected chi connectivity index (χ3v) is 3.87. The van der Waals surface area contributed by atoms with Crippen LogP contribution < -0.4 is 10.1 Å². The van der Waals surface area contributed by atoms with Crippen LogP contribution in [-0.4, -0.2) is 22.4 Å². The molecule has 0 saturated heterocycles. The second-order valence-corrected chi connectivity index (χ2v) is 5.30. The van der Waals surface area contributed by atoms with Crippen molar-refractivity contribution in [3.8, 4) is 22.8 Å². The van der Waals surface area contributed by atoms with Gasteiger partial charge in [0.25, 0.3) is 0 Å². The lowest BCUT2D eigenvalue weighted by molar-refractivity contribution is 0.374. The van der Waals surface area contributed by atoms with Gasteiger partial charge in [-0.3, -0.25) is 10.2 Å². The minimum atomic E-state index is -0.302. The molecule has 1 aliphatic heterocycles. The van der Waals surface area contributed by atoms with Gasteiger partial charge in [-0.15, -0.1) is 0 Å². The van der Waals surface area contributed by atoms with Crippen LogP contribution in [0.4, 0.5) is 15.9 Å². The van der Waals surface area contributed by atoms with Crippen LogP contribution in [0.5, 0.6) is 11.5 Å². The smallest absolute Gasteiger partial charge is 0.161 e. The van der Waals surface area contributed by atoms with Crippen LogP contribution in [0.2, 0.25) is 0 Å². The molecule has 4 N–H and O–H groups in total. The number of nitrogens with one attached hydrogen (secondary N) is 3. The van der Waals surface area contributed by atoms with Crippen LogP contribution >= 0.6 is 0 Å². The largest absolute Gasteiger partial charge is 0.504 e. The Morgan fingerprint density at radius 3 is 2.78 bits per heavy atom. The van der Waals surface area contributed by atoms with E-state index >= 15 is 0 Å². The molecule has 1 aliphatic carbocycles. The fourth-order valence-electron chi connectivity index (χ4n) is 2.79. The SMILES string of the molecule is COc1cc2c3[nH][nH]c(Nc4cccc(F)c4)c-3cc2cc1O. The van der Waals surface area contributed by atoms with E-state index in [0.717, 1.165) is 27.8 Å². The summed E-state index contributed by atoms with van der Waals surface area (Å²) in [5.41, 5.74) is 2.45. The molecule has 0 aromatic heterocycles. The van der Waals surface area contributed by atoms with Gasteiger partial charge in [-0.05, 0) is 41.8 Å². The number of halogens is 1. The van der Waals surface area contributed by atoms with Crippen LogP contribution in [0.25, 0.3) is 22.0 Å². The maximum atomic E-state index is 13.3. The Balaban J connectivity index is 1.79. The first-order chi connectivity index (χ1) is 11.2. The van der Waals surface area contributed by atoms with E-state index in [1.54, 1.807) is 24.3 Å². The van der Waals surface area contributed by atoms with Gasteiger partial charge in [0.05, 0.1) is 12.8 Å². The van der Waals surface area contributed by atoms with Crippen molar-refractivity contribution in [3.05, 3.63) is 48.3 Å². The highest BCUT2D eigenvalue weighted by molar-refractivity contribution is 6.05. The number of methoxy groups -OCH3 is 1. The van der Waals surface area contributed by atoms with Gasteiger partial charge >= 0.3 is 0 Å². The molecule has 1 heterocycles. The van der Waals surface area contributed by atoms with Crippen LogP contribution in [0.3, 0.4) is 0 Å². The van der Waals surface area contributed by atoms with Crippen LogP contribution in [0.1, 0.15) is 0 Å². The Morgan fingerprint density at radius 1 is 1.13 bits per heavy atom. The van der Waals surface area contributed by atoms with E-state index < -0.39 is 0 Å². The average Bonchev–Trinajstić information content (AvgIpc) is 3.06. The first kappa shape index (κ1) is 13.5. The van der Waals surface area contributed by atoms with E-state index in [1.165, 1.54) is 19.2 Å². The van der Waals surface area contributed by atoms with E-state index in [4.69, 9.17) is 4.74 Å². The van der Waals surface area contributed by atoms with Crippen molar-refractivity contribution in [2.45, 2.75) is 0 Å². The molecule has 116 valence electrons. The third kappa shape index (κ3) is 2.15. The predicted octanol–water partition coefficient (Wildman–Crippen LogP) is 4.20. The standard InChI is InChI=1S/C17H14FN3O2/c1-23-15-8-12-9(6-14(15)22)5-13-16(12)20-21-17(13)19-11-4-2-3-10(18)7-11/h2-8,19-22H,1H3. The molecular weight excluding hydrogens is 297 g/mol. The molecule has 2 aliphatic rings. The minimum Gasteiger partial charge on any atom is -0.504 e. The third-order valence-electron chi connectivity index (χ3n) is 3.87. The Hall–Kier alpha value is -3.15. The summed E-state index contributed by atoms with van der Waals surface area (Å²) in [7, 11) is 1.51. The molecule has 0 spiro atoms. The lowest BCUT2D eigenvalue weighted by Gasteiger charge is -2.04. The minimum absolute atomic E-state index is 0.0938. The highest BCUT2D eigenvalue weighted by Crippen LogP contribution is 2.42. The summed E-state index contributed by atoms with van der Waals surface area (Å²) < 4.78 is 18.5. The van der Waals surface area contributed by atoms with Gasteiger partial charge < -0.3 is 15.2 Å². The fourth-order valence-corrected chi connectivity index (χ4v) is 2.79. The highest BCUT2D eigenvalue weighted by Gasteiger charge is 2.19. The van der Waals surface area contributed by atoms with Crippen LogP contribution in [0.15, 0.2) is 42.5 Å². The predicted molar refractivity (Wildman–Crippen MR) is 87.2 cm³/mol. The molecule has 0 saturated carbocycles. The van der Waals surface area contributed by atoms with E-state index in [-0.39, 0.29) is 11.6 Å². The number of ether oxygens (including phenoxy) is 1. The van der Waals surface area contributed by atoms with Crippen molar-refractivity contribution in [1.29, 1.82) is 0 Å². The van der Waals surface area contributed by atoms with Gasteiger partial charge in [0.1, 0.15) is 11.6 Å². The van der Waals surface area contributed by atoms with Gasteiger partial charge in [0, 0.05) is 16.6 Å². The van der Waals surface area contributed by atoms with Gasteiger partial charge in [-0.1, -0.05) is 6.07 Å². The summed E-state index contributed by atoms with van der Waals surface area (Å²) in [6.07, 6.45) is 0. The number of aromatic hydroxyl groups is 1. The summed E-state index contributed by atoms with van der Waals surface area (Å²) in [6, 6.07) is 11.6. The number of hydrogen-bond donors (Lipinski definition) is 4. The lowest BCUT2D eigenvalue weighted by Crippen LogP contribution is -1.91. The number of aromatic amines is 2. The molecule has 0 atom stereocenters. The maximum absolute atomic E-state index is 13.3. The topological polar surface area (TPSA) is 73.1 Å². The zero-order valence-corrected chi connectivity index (χ0v) is 12.3. The summed E-state index contributed by atoms with van der Waals surface area (Å²) in [5.74, 6) is 0.930. The van der Waals surface area contributed by atoms with Crippen molar-refractivity contribution >= 4 is 22.3 Å². The van der Waals surface area contributed by atoms with E-state index in [1.807, 2.05) is 6.07 Å². The van der Waals surface area contributed by atoms with Gasteiger partial charge in [0.15, 0.2) is 11.5 Å². The highest BCUT2D eigenvalue weighted by atomic mass is 19.1. The monoisotopic (exact) mass is 311 g/mol. The van der Waals surface area contributed by atoms with Gasteiger partial charge in [-0.25, -0.2) is 4.39 Å². The molecule has 0 unspecified atom stereocenters. The van der Waals surface area contributed by atoms with Crippen molar-refractivity contribution in [3.63, 3.8) is 0 Å². The van der Waals surface area contributed by atoms with Crippen LogP contribution in [-0.2, 0) is 0 Å². The normalized spacial score (nSPS) is 11.2. The molecule has 2 aromatic carbocycles. The molecule has 2 aromatic rings. The average molecular weight is 311 g/mol. The Morgan fingerprint density at radius 2 is 2.00 bits per heavy atom. The number of phenolic OH excluding ortho intramolecular Hbond substituents is 1. The van der Waals surface area contributed by atoms with Crippen molar-refractivity contribution in [2.24, 2.45) is 0 Å². The number of hydrogen-bond acceptors (Lipinski definition) is 3. The van der Waals surface area contributed by atoms with Gasteiger partial charge in [-0.2, -0.15) is 0 Å². The van der Waals surface area contributed by atoms with Crippen LogP contribution in [0, 0.1) is 5.82 Å². The molecular formula is C17H14FN3O2. The second-order valence-electron chi connectivity index (χ2n) is 5.30. The number of aromatic nitrogens is 2. The number of anilines is 2. The maximum Gasteiger partial charge on any atom is 0.161 e. The molecule has 5 nitrogen and oxygen atoms in total. The number of H-pyrrole nitrogens is 2. The number of phenols is 1. The van der Waals surface area contributed by atoms with Crippen molar-refractivity contribution < 1.29 is 14.2 Å². The summed E-state index contributed by atoms with van der Waals surface area (Å²) >= 11 is 0. The van der Waals surface area contributed by atoms with Crippen molar-refractivity contribution in [1.82, 2.24) is 10.2 Å². The molecule has 0 fully saturated rings. The van der Waals surface area contributed by atoms with Crippen molar-refractivity contribution in [2.75, 3.05) is 12.4 Å². The molecule has 6 heteroatoms. The summed E-state index contributed by atoms with van der Waals surface area (Å²) in [6.45, 7) is 0. The van der Waals surface area contributed by atoms with Gasteiger partial charge in [0.2, 0.25) is 0 Å². The molecule has 0 amide bonds. The number of rotatable bonds is 3. The zero-order valence-electron chi connectivity index (χ0n) is 12.3. The van der Waals surface area contributed by atoms with E-state index in [2.05, 4.69) is 15.5 Å². The first-order valence-electron chi connectivity index (χ1n) is 7.08. The first-order valence-corrected chi connectivity index (χ1v) is 7.08. The summed E-state index contributed by atoms with van der Waals surface area (Å²) in [4.78, 5) is 0. The fraction of sp³-hybridized carbons (Fsp3) is 0.0588. The van der Waals surface area contributed by atoms with E-state index in [0.29, 0.717) is 11.4 Å².